The van der Waals surface area contributed by atoms with Crippen molar-refractivity contribution in [2.24, 2.45) is 0 Å². The second-order valence-electron chi connectivity index (χ2n) is 3.82. The molecule has 0 aliphatic carbocycles. The van der Waals surface area contributed by atoms with Gasteiger partial charge < -0.3 is 10.3 Å². The van der Waals surface area contributed by atoms with E-state index >= 15 is 0 Å². The number of nitrogens with zero attached hydrogens (tertiary/aromatic N) is 2. The maximum Gasteiger partial charge on any atom is 0.143 e. The monoisotopic (exact) mass is 244 g/mol. The van der Waals surface area contributed by atoms with E-state index < -0.39 is 0 Å². The predicted octanol–water partition coefficient (Wildman–Crippen LogP) is 3.04. The quantitative estimate of drug-likeness (QED) is 0.728. The van der Waals surface area contributed by atoms with E-state index in [1.54, 1.807) is 0 Å². The number of para-hydroxylation sites is 2. The third-order valence-electron chi connectivity index (χ3n) is 2.72. The molecular formula is C12H12N4S. The summed E-state index contributed by atoms with van der Waals surface area (Å²) in [5.41, 5.74) is 4.09. The van der Waals surface area contributed by atoms with Gasteiger partial charge in [0.2, 0.25) is 0 Å². The van der Waals surface area contributed by atoms with Crippen LogP contribution in [0.3, 0.4) is 0 Å². The molecule has 1 aromatic carbocycles. The first-order valence-electron chi connectivity index (χ1n) is 5.38. The van der Waals surface area contributed by atoms with E-state index in [1.807, 2.05) is 38.2 Å². The normalized spacial score (nSPS) is 10.9. The first kappa shape index (κ1) is 10.3. The van der Waals surface area contributed by atoms with E-state index in [-0.39, 0.29) is 0 Å². The number of aryl methyl sites for hydroxylation is 1. The van der Waals surface area contributed by atoms with Crippen molar-refractivity contribution >= 4 is 27.6 Å². The molecule has 86 valence electrons. The van der Waals surface area contributed by atoms with Gasteiger partial charge in [-0.1, -0.05) is 12.1 Å². The molecule has 5 heteroatoms. The largest absolute Gasteiger partial charge is 0.378 e. The van der Waals surface area contributed by atoms with Crippen molar-refractivity contribution in [3.8, 4) is 11.4 Å². The summed E-state index contributed by atoms with van der Waals surface area (Å²) in [7, 11) is 1.90. The van der Waals surface area contributed by atoms with Crippen LogP contribution in [-0.4, -0.2) is 21.4 Å². The van der Waals surface area contributed by atoms with Crippen LogP contribution < -0.4 is 5.32 Å². The first-order valence-corrected chi connectivity index (χ1v) is 6.16. The lowest BCUT2D eigenvalue weighted by molar-refractivity contribution is 1.28. The third kappa shape index (κ3) is 1.59. The molecule has 0 atom stereocenters. The molecule has 3 rings (SSSR count). The Balaban J connectivity index is 2.23. The number of anilines is 1. The van der Waals surface area contributed by atoms with E-state index in [2.05, 4.69) is 19.7 Å². The molecule has 0 unspecified atom stereocenters. The van der Waals surface area contributed by atoms with Crippen molar-refractivity contribution in [3.05, 3.63) is 30.0 Å². The van der Waals surface area contributed by atoms with E-state index in [0.29, 0.717) is 0 Å². The molecule has 0 spiro atoms. The summed E-state index contributed by atoms with van der Waals surface area (Å²) in [5, 5.41) is 4.20. The Morgan fingerprint density at radius 2 is 2.12 bits per heavy atom. The van der Waals surface area contributed by atoms with E-state index in [0.717, 1.165) is 33.1 Å². The highest BCUT2D eigenvalue weighted by molar-refractivity contribution is 7.10. The molecule has 0 amide bonds. The van der Waals surface area contributed by atoms with Crippen LogP contribution in [0.5, 0.6) is 0 Å². The number of aromatic amines is 1. The van der Waals surface area contributed by atoms with Gasteiger partial charge in [0.15, 0.2) is 0 Å². The van der Waals surface area contributed by atoms with Crippen molar-refractivity contribution < 1.29 is 0 Å². The summed E-state index contributed by atoms with van der Waals surface area (Å²) in [6.45, 7) is 2.00. The fraction of sp³-hybridized carbons (Fsp3) is 0.167. The van der Waals surface area contributed by atoms with Crippen molar-refractivity contribution in [3.63, 3.8) is 0 Å². The Kier molecular flexibility index (Phi) is 2.33. The molecule has 0 aliphatic heterocycles. The van der Waals surface area contributed by atoms with Gasteiger partial charge in [-0.3, -0.25) is 0 Å². The van der Waals surface area contributed by atoms with Crippen molar-refractivity contribution in [1.29, 1.82) is 0 Å². The number of fused-ring (bicyclic) bond motifs is 1. The first-order chi connectivity index (χ1) is 8.29. The fourth-order valence-corrected chi connectivity index (χ4v) is 2.64. The summed E-state index contributed by atoms with van der Waals surface area (Å²) < 4.78 is 4.35. The molecule has 0 bridgehead atoms. The lowest BCUT2D eigenvalue weighted by Crippen LogP contribution is -1.89. The number of imidazole rings is 1. The smallest absolute Gasteiger partial charge is 0.143 e. The maximum atomic E-state index is 4.60. The van der Waals surface area contributed by atoms with Gasteiger partial charge in [-0.2, -0.15) is 4.37 Å². The molecule has 0 radical (unpaired) electrons. The van der Waals surface area contributed by atoms with Crippen LogP contribution in [0.25, 0.3) is 22.4 Å². The number of benzene rings is 1. The van der Waals surface area contributed by atoms with Crippen LogP contribution in [0.2, 0.25) is 0 Å². The van der Waals surface area contributed by atoms with Gasteiger partial charge >= 0.3 is 0 Å². The third-order valence-corrected chi connectivity index (χ3v) is 3.67. The Bertz CT molecular complexity index is 635. The molecule has 0 saturated heterocycles. The lowest BCUT2D eigenvalue weighted by Gasteiger charge is -1.98. The van der Waals surface area contributed by atoms with Crippen LogP contribution in [0, 0.1) is 6.92 Å². The topological polar surface area (TPSA) is 53.6 Å². The summed E-state index contributed by atoms with van der Waals surface area (Å²) in [6.07, 6.45) is 0. The highest BCUT2D eigenvalue weighted by Crippen LogP contribution is 2.33. The molecule has 3 aromatic rings. The van der Waals surface area contributed by atoms with E-state index in [1.165, 1.54) is 11.5 Å². The van der Waals surface area contributed by atoms with E-state index in [9.17, 15) is 0 Å². The minimum atomic E-state index is 0.877. The predicted molar refractivity (Wildman–Crippen MR) is 71.5 cm³/mol. The number of H-pyrrole nitrogens is 1. The van der Waals surface area contributed by atoms with Crippen LogP contribution in [-0.2, 0) is 0 Å². The molecule has 2 N–H and O–H groups in total. The Morgan fingerprint density at radius 3 is 2.88 bits per heavy atom. The van der Waals surface area contributed by atoms with Crippen molar-refractivity contribution in [2.45, 2.75) is 6.92 Å². The van der Waals surface area contributed by atoms with Gasteiger partial charge in [0.05, 0.1) is 22.3 Å². The van der Waals surface area contributed by atoms with E-state index in [4.69, 9.17) is 0 Å². The fourth-order valence-electron chi connectivity index (χ4n) is 1.89. The Morgan fingerprint density at radius 1 is 1.29 bits per heavy atom. The van der Waals surface area contributed by atoms with Gasteiger partial charge in [0, 0.05) is 7.05 Å². The SMILES string of the molecule is CNc1snc(C)c1-c1nc2ccccc2[nH]1. The summed E-state index contributed by atoms with van der Waals surface area (Å²) in [4.78, 5) is 7.92. The van der Waals surface area contributed by atoms with Gasteiger partial charge in [0.25, 0.3) is 0 Å². The van der Waals surface area contributed by atoms with Gasteiger partial charge in [-0.25, -0.2) is 4.98 Å². The zero-order valence-electron chi connectivity index (χ0n) is 9.61. The minimum Gasteiger partial charge on any atom is -0.378 e. The van der Waals surface area contributed by atoms with Crippen LogP contribution in [0.1, 0.15) is 5.69 Å². The number of rotatable bonds is 2. The molecule has 17 heavy (non-hydrogen) atoms. The Hall–Kier alpha value is -1.88. The molecule has 0 fully saturated rings. The molecule has 0 saturated carbocycles. The lowest BCUT2D eigenvalue weighted by atomic mass is 10.2. The average Bonchev–Trinajstić information content (AvgIpc) is 2.91. The zero-order valence-corrected chi connectivity index (χ0v) is 10.4. The second-order valence-corrected chi connectivity index (χ2v) is 4.60. The Labute approximate surface area is 103 Å². The highest BCUT2D eigenvalue weighted by atomic mass is 32.1. The molecule has 2 aromatic heterocycles. The van der Waals surface area contributed by atoms with Gasteiger partial charge in [0.1, 0.15) is 10.8 Å². The highest BCUT2D eigenvalue weighted by Gasteiger charge is 2.15. The zero-order chi connectivity index (χ0) is 11.8. The standard InChI is InChI=1S/C12H12N4S/c1-7-10(12(13-2)17-16-7)11-14-8-5-3-4-6-9(8)15-11/h3-6,13H,1-2H3,(H,14,15). The van der Waals surface area contributed by atoms with Crippen molar-refractivity contribution in [1.82, 2.24) is 14.3 Å². The van der Waals surface area contributed by atoms with Gasteiger partial charge in [-0.05, 0) is 30.6 Å². The minimum absolute atomic E-state index is 0.877. The van der Waals surface area contributed by atoms with Crippen molar-refractivity contribution in [2.75, 3.05) is 12.4 Å². The molecule has 0 aliphatic rings. The van der Waals surface area contributed by atoms with Crippen LogP contribution in [0.4, 0.5) is 5.00 Å². The summed E-state index contributed by atoms with van der Waals surface area (Å²) in [6, 6.07) is 8.02. The van der Waals surface area contributed by atoms with Gasteiger partial charge in [-0.15, -0.1) is 0 Å². The van der Waals surface area contributed by atoms with Crippen LogP contribution in [0.15, 0.2) is 24.3 Å². The maximum absolute atomic E-state index is 4.60. The van der Waals surface area contributed by atoms with Crippen LogP contribution >= 0.6 is 11.5 Å². The number of hydrogen-bond donors (Lipinski definition) is 2. The average molecular weight is 244 g/mol. The number of nitrogens with one attached hydrogen (secondary N) is 2. The summed E-state index contributed by atoms with van der Waals surface area (Å²) >= 11 is 1.46. The molecule has 2 heterocycles. The molecular weight excluding hydrogens is 232 g/mol. The molecule has 4 nitrogen and oxygen atoms in total. The number of aromatic nitrogens is 3. The number of hydrogen-bond acceptors (Lipinski definition) is 4. The summed E-state index contributed by atoms with van der Waals surface area (Å²) in [5.74, 6) is 0.877. The second kappa shape index (κ2) is 3.85.